The number of aryl methyl sites for hydroxylation is 1. The average molecular weight is 380 g/mol. The smallest absolute Gasteiger partial charge is 0.261 e. The van der Waals surface area contributed by atoms with E-state index in [2.05, 4.69) is 5.32 Å². The Kier molecular flexibility index (Phi) is 6.15. The molecule has 4 heteroatoms. The van der Waals surface area contributed by atoms with Gasteiger partial charge in [-0.2, -0.15) is 0 Å². The van der Waals surface area contributed by atoms with Gasteiger partial charge in [-0.05, 0) is 42.7 Å². The normalized spacial score (nSPS) is 12.9. The fourth-order valence-electron chi connectivity index (χ4n) is 2.94. The van der Waals surface area contributed by atoms with Crippen molar-refractivity contribution in [3.8, 4) is 5.75 Å². The first kappa shape index (κ1) is 19.0. The molecule has 138 valence electrons. The van der Waals surface area contributed by atoms with Gasteiger partial charge in [-0.1, -0.05) is 78.3 Å². The number of benzene rings is 3. The maximum atomic E-state index is 12.8. The highest BCUT2D eigenvalue weighted by molar-refractivity contribution is 6.32. The quantitative estimate of drug-likeness (QED) is 0.629. The van der Waals surface area contributed by atoms with Crippen molar-refractivity contribution in [3.63, 3.8) is 0 Å². The zero-order valence-corrected chi connectivity index (χ0v) is 16.1. The van der Waals surface area contributed by atoms with Crippen LogP contribution in [0.1, 0.15) is 29.7 Å². The molecule has 0 fully saturated rings. The highest BCUT2D eigenvalue weighted by atomic mass is 35.5. The molecule has 0 spiro atoms. The molecular formula is C23H22ClNO2. The highest BCUT2D eigenvalue weighted by Crippen LogP contribution is 2.26. The number of amides is 1. The Labute approximate surface area is 164 Å². The van der Waals surface area contributed by atoms with E-state index in [-0.39, 0.29) is 11.9 Å². The van der Waals surface area contributed by atoms with Crippen LogP contribution < -0.4 is 10.1 Å². The molecule has 3 rings (SSSR count). The maximum absolute atomic E-state index is 12.8. The van der Waals surface area contributed by atoms with Gasteiger partial charge >= 0.3 is 0 Å². The van der Waals surface area contributed by atoms with E-state index in [1.807, 2.05) is 73.7 Å². The van der Waals surface area contributed by atoms with Gasteiger partial charge < -0.3 is 10.1 Å². The van der Waals surface area contributed by atoms with E-state index >= 15 is 0 Å². The summed E-state index contributed by atoms with van der Waals surface area (Å²) >= 11 is 6.13. The Balaban J connectivity index is 1.83. The fraction of sp³-hybridized carbons (Fsp3) is 0.174. The van der Waals surface area contributed by atoms with Gasteiger partial charge in [-0.3, -0.25) is 4.79 Å². The predicted molar refractivity (Wildman–Crippen MR) is 109 cm³/mol. The molecule has 27 heavy (non-hydrogen) atoms. The number of carbonyl (C=O) groups excluding carboxylic acids is 1. The standard InChI is InChI=1S/C23H22ClNO2/c1-16-10-6-7-13-19(16)22(18-11-4-3-5-12-18)25-23(26)17(2)27-21-15-9-8-14-20(21)24/h3-15,17,22H,1-2H3,(H,25,26)/t17-,22-/m0/s1. The zero-order chi connectivity index (χ0) is 19.2. The van der Waals surface area contributed by atoms with Gasteiger partial charge in [-0.15, -0.1) is 0 Å². The summed E-state index contributed by atoms with van der Waals surface area (Å²) < 4.78 is 5.77. The Morgan fingerprint density at radius 2 is 1.56 bits per heavy atom. The molecule has 3 nitrogen and oxygen atoms in total. The largest absolute Gasteiger partial charge is 0.479 e. The lowest BCUT2D eigenvalue weighted by Crippen LogP contribution is -2.39. The van der Waals surface area contributed by atoms with Gasteiger partial charge in [0, 0.05) is 0 Å². The second-order valence-electron chi connectivity index (χ2n) is 6.40. The lowest BCUT2D eigenvalue weighted by Gasteiger charge is -2.24. The molecular weight excluding hydrogens is 358 g/mol. The predicted octanol–water partition coefficient (Wildman–Crippen LogP) is 5.32. The first-order chi connectivity index (χ1) is 13.1. The number of hydrogen-bond donors (Lipinski definition) is 1. The lowest BCUT2D eigenvalue weighted by molar-refractivity contribution is -0.127. The topological polar surface area (TPSA) is 38.3 Å². The molecule has 0 saturated carbocycles. The van der Waals surface area contributed by atoms with E-state index in [1.54, 1.807) is 19.1 Å². The summed E-state index contributed by atoms with van der Waals surface area (Å²) in [6.45, 7) is 3.76. The van der Waals surface area contributed by atoms with Crippen LogP contribution in [0.15, 0.2) is 78.9 Å². The highest BCUT2D eigenvalue weighted by Gasteiger charge is 2.23. The van der Waals surface area contributed by atoms with Crippen molar-refractivity contribution < 1.29 is 9.53 Å². The molecule has 0 unspecified atom stereocenters. The van der Waals surface area contributed by atoms with Crippen molar-refractivity contribution in [1.29, 1.82) is 0 Å². The van der Waals surface area contributed by atoms with Crippen molar-refractivity contribution >= 4 is 17.5 Å². The van der Waals surface area contributed by atoms with E-state index in [9.17, 15) is 4.79 Å². The first-order valence-corrected chi connectivity index (χ1v) is 9.26. The molecule has 3 aromatic carbocycles. The van der Waals surface area contributed by atoms with Crippen LogP contribution in [0.3, 0.4) is 0 Å². The SMILES string of the molecule is Cc1ccccc1[C@@H](NC(=O)[C@H](C)Oc1ccccc1Cl)c1ccccc1. The van der Waals surface area contributed by atoms with Crippen LogP contribution in [0.4, 0.5) is 0 Å². The van der Waals surface area contributed by atoms with Gasteiger partial charge in [0.15, 0.2) is 6.10 Å². The van der Waals surface area contributed by atoms with Crippen LogP contribution in [-0.2, 0) is 4.79 Å². The Morgan fingerprint density at radius 1 is 0.926 bits per heavy atom. The second kappa shape index (κ2) is 8.74. The lowest BCUT2D eigenvalue weighted by atomic mass is 9.95. The first-order valence-electron chi connectivity index (χ1n) is 8.88. The van der Waals surface area contributed by atoms with E-state index in [4.69, 9.17) is 16.3 Å². The molecule has 0 bridgehead atoms. The van der Waals surface area contributed by atoms with Crippen molar-refractivity contribution in [3.05, 3.63) is 101 Å². The Bertz CT molecular complexity index is 911. The maximum Gasteiger partial charge on any atom is 0.261 e. The number of carbonyl (C=O) groups is 1. The van der Waals surface area contributed by atoms with Crippen LogP contribution in [0, 0.1) is 6.92 Å². The van der Waals surface area contributed by atoms with Gasteiger partial charge in [0.25, 0.3) is 5.91 Å². The van der Waals surface area contributed by atoms with Crippen LogP contribution in [-0.4, -0.2) is 12.0 Å². The summed E-state index contributed by atoms with van der Waals surface area (Å²) in [4.78, 5) is 12.8. The Morgan fingerprint density at radius 3 is 2.26 bits per heavy atom. The molecule has 0 aliphatic carbocycles. The average Bonchev–Trinajstić information content (AvgIpc) is 2.69. The monoisotopic (exact) mass is 379 g/mol. The number of rotatable bonds is 6. The molecule has 2 atom stereocenters. The minimum Gasteiger partial charge on any atom is -0.479 e. The van der Waals surface area contributed by atoms with Crippen molar-refractivity contribution in [2.45, 2.75) is 26.0 Å². The number of halogens is 1. The van der Waals surface area contributed by atoms with E-state index < -0.39 is 6.10 Å². The number of para-hydroxylation sites is 1. The summed E-state index contributed by atoms with van der Waals surface area (Å²) in [7, 11) is 0. The third kappa shape index (κ3) is 4.69. The van der Waals surface area contributed by atoms with Crippen LogP contribution in [0.25, 0.3) is 0 Å². The summed E-state index contributed by atoms with van der Waals surface area (Å²) in [5, 5.41) is 3.60. The van der Waals surface area contributed by atoms with Gasteiger partial charge in [0.2, 0.25) is 0 Å². The van der Waals surface area contributed by atoms with E-state index in [1.165, 1.54) is 0 Å². The van der Waals surface area contributed by atoms with Gasteiger partial charge in [0.05, 0.1) is 11.1 Å². The second-order valence-corrected chi connectivity index (χ2v) is 6.81. The summed E-state index contributed by atoms with van der Waals surface area (Å²) in [6, 6.07) is 24.9. The third-order valence-electron chi connectivity index (χ3n) is 4.43. The fourth-order valence-corrected chi connectivity index (χ4v) is 3.12. The zero-order valence-electron chi connectivity index (χ0n) is 15.4. The Hall–Kier alpha value is -2.78. The van der Waals surface area contributed by atoms with E-state index in [0.29, 0.717) is 10.8 Å². The minimum absolute atomic E-state index is 0.202. The summed E-state index contributed by atoms with van der Waals surface area (Å²) in [5.41, 5.74) is 3.19. The van der Waals surface area contributed by atoms with Gasteiger partial charge in [-0.25, -0.2) is 0 Å². The van der Waals surface area contributed by atoms with Crippen LogP contribution in [0.2, 0.25) is 5.02 Å². The molecule has 0 saturated heterocycles. The molecule has 0 radical (unpaired) electrons. The summed E-state index contributed by atoms with van der Waals surface area (Å²) in [5.74, 6) is 0.293. The molecule has 3 aromatic rings. The third-order valence-corrected chi connectivity index (χ3v) is 4.74. The van der Waals surface area contributed by atoms with Gasteiger partial charge in [0.1, 0.15) is 5.75 Å². The molecule has 1 amide bonds. The number of ether oxygens (including phenoxy) is 1. The molecule has 0 aromatic heterocycles. The van der Waals surface area contributed by atoms with Crippen molar-refractivity contribution in [2.24, 2.45) is 0 Å². The van der Waals surface area contributed by atoms with Crippen molar-refractivity contribution in [1.82, 2.24) is 5.32 Å². The van der Waals surface area contributed by atoms with Crippen molar-refractivity contribution in [2.75, 3.05) is 0 Å². The number of nitrogens with one attached hydrogen (secondary N) is 1. The number of hydrogen-bond acceptors (Lipinski definition) is 2. The molecule has 0 aliphatic rings. The van der Waals surface area contributed by atoms with Crippen LogP contribution >= 0.6 is 11.6 Å². The minimum atomic E-state index is -0.680. The molecule has 0 aliphatic heterocycles. The molecule has 0 heterocycles. The van der Waals surface area contributed by atoms with Crippen LogP contribution in [0.5, 0.6) is 5.75 Å². The summed E-state index contributed by atoms with van der Waals surface area (Å²) in [6.07, 6.45) is -0.680. The van der Waals surface area contributed by atoms with E-state index in [0.717, 1.165) is 16.7 Å². The molecule has 1 N–H and O–H groups in total.